The van der Waals surface area contributed by atoms with E-state index in [2.05, 4.69) is 10.3 Å². The maximum Gasteiger partial charge on any atom is 0.326 e. The van der Waals surface area contributed by atoms with E-state index in [1.54, 1.807) is 24.1 Å². The highest BCUT2D eigenvalue weighted by atomic mass is 16.4. The van der Waals surface area contributed by atoms with Crippen LogP contribution in [0.25, 0.3) is 0 Å². The van der Waals surface area contributed by atoms with Crippen molar-refractivity contribution in [1.29, 1.82) is 0 Å². The fourth-order valence-electron chi connectivity index (χ4n) is 1.24. The molecule has 1 aromatic heterocycles. The van der Waals surface area contributed by atoms with E-state index < -0.39 is 12.0 Å². The number of carbonyl (C=O) groups is 2. The number of imidazole rings is 1. The number of hydrogen-bond donors (Lipinski definition) is 2. The average Bonchev–Trinajstić information content (AvgIpc) is 2.50. The molecule has 0 aliphatic carbocycles. The molecule has 15 heavy (non-hydrogen) atoms. The summed E-state index contributed by atoms with van der Waals surface area (Å²) >= 11 is 0. The zero-order valence-corrected chi connectivity index (χ0v) is 8.60. The molecular formula is C9H13N3O3. The van der Waals surface area contributed by atoms with Crippen LogP contribution in [0.4, 0.5) is 0 Å². The molecule has 1 amide bonds. The first kappa shape index (κ1) is 11.2. The minimum absolute atomic E-state index is 0.228. The Kier molecular flexibility index (Phi) is 3.43. The van der Waals surface area contributed by atoms with Crippen LogP contribution in [0.5, 0.6) is 0 Å². The quantitative estimate of drug-likeness (QED) is 0.706. The van der Waals surface area contributed by atoms with Crippen molar-refractivity contribution in [2.45, 2.75) is 19.4 Å². The number of carbonyl (C=O) groups excluding carboxylic acids is 1. The Morgan fingerprint density at radius 2 is 2.33 bits per heavy atom. The zero-order chi connectivity index (χ0) is 11.4. The molecule has 1 aromatic rings. The Morgan fingerprint density at radius 1 is 1.67 bits per heavy atom. The minimum Gasteiger partial charge on any atom is -0.480 e. The van der Waals surface area contributed by atoms with Crippen molar-refractivity contribution in [3.05, 3.63) is 18.2 Å². The number of nitrogens with one attached hydrogen (secondary N) is 1. The maximum absolute atomic E-state index is 10.8. The van der Waals surface area contributed by atoms with Crippen molar-refractivity contribution in [3.8, 4) is 0 Å². The first-order valence-electron chi connectivity index (χ1n) is 4.46. The summed E-state index contributed by atoms with van der Waals surface area (Å²) in [6.45, 7) is 1.29. The van der Waals surface area contributed by atoms with Gasteiger partial charge in [-0.2, -0.15) is 0 Å². The highest BCUT2D eigenvalue weighted by Gasteiger charge is 2.19. The predicted octanol–water partition coefficient (Wildman–Crippen LogP) is -0.448. The Morgan fingerprint density at radius 3 is 2.73 bits per heavy atom. The summed E-state index contributed by atoms with van der Waals surface area (Å²) < 4.78 is 1.72. The van der Waals surface area contributed by atoms with Crippen molar-refractivity contribution in [2.24, 2.45) is 7.05 Å². The van der Waals surface area contributed by atoms with Gasteiger partial charge in [-0.1, -0.05) is 0 Å². The smallest absolute Gasteiger partial charge is 0.326 e. The van der Waals surface area contributed by atoms with E-state index in [1.807, 2.05) is 0 Å². The van der Waals surface area contributed by atoms with Crippen LogP contribution >= 0.6 is 0 Å². The standard InChI is InChI=1S/C9H13N3O3/c1-6(13)11-8(9(14)15)3-7-4-10-5-12(7)2/h4-5,8H,3H2,1-2H3,(H,11,13)(H,14,15)/t8-/m0/s1. The summed E-state index contributed by atoms with van der Waals surface area (Å²) in [6, 6.07) is -0.905. The number of aryl methyl sites for hydroxylation is 1. The Balaban J connectivity index is 2.71. The van der Waals surface area contributed by atoms with Crippen LogP contribution in [0.15, 0.2) is 12.5 Å². The van der Waals surface area contributed by atoms with Gasteiger partial charge in [-0.05, 0) is 0 Å². The van der Waals surface area contributed by atoms with E-state index in [4.69, 9.17) is 5.11 Å². The molecule has 0 aromatic carbocycles. The molecule has 82 valence electrons. The lowest BCUT2D eigenvalue weighted by Crippen LogP contribution is -2.41. The summed E-state index contributed by atoms with van der Waals surface area (Å²) in [5.41, 5.74) is 0.760. The number of amides is 1. The summed E-state index contributed by atoms with van der Waals surface area (Å²) in [5.74, 6) is -1.41. The monoisotopic (exact) mass is 211 g/mol. The fourth-order valence-corrected chi connectivity index (χ4v) is 1.24. The van der Waals surface area contributed by atoms with Crippen molar-refractivity contribution < 1.29 is 14.7 Å². The van der Waals surface area contributed by atoms with Gasteiger partial charge < -0.3 is 15.0 Å². The molecule has 6 heteroatoms. The highest BCUT2D eigenvalue weighted by Crippen LogP contribution is 2.01. The third-order valence-electron chi connectivity index (χ3n) is 2.01. The molecule has 0 aliphatic rings. The topological polar surface area (TPSA) is 84.2 Å². The Labute approximate surface area is 86.9 Å². The van der Waals surface area contributed by atoms with E-state index in [-0.39, 0.29) is 12.3 Å². The SMILES string of the molecule is CC(=O)N[C@@H](Cc1cncn1C)C(=O)O. The second kappa shape index (κ2) is 4.59. The van der Waals surface area contributed by atoms with Gasteiger partial charge in [-0.25, -0.2) is 9.78 Å². The molecule has 0 saturated carbocycles. The molecule has 6 nitrogen and oxygen atoms in total. The van der Waals surface area contributed by atoms with E-state index >= 15 is 0 Å². The molecule has 0 bridgehead atoms. The minimum atomic E-state index is -1.05. The van der Waals surface area contributed by atoms with Crippen molar-refractivity contribution >= 4 is 11.9 Å². The van der Waals surface area contributed by atoms with Crippen molar-refractivity contribution in [2.75, 3.05) is 0 Å². The summed E-state index contributed by atoms with van der Waals surface area (Å²) in [4.78, 5) is 25.5. The molecule has 0 saturated heterocycles. The molecule has 1 rings (SSSR count). The molecule has 0 unspecified atom stereocenters. The van der Waals surface area contributed by atoms with Crippen LogP contribution < -0.4 is 5.32 Å². The predicted molar refractivity (Wildman–Crippen MR) is 52.2 cm³/mol. The molecule has 2 N–H and O–H groups in total. The zero-order valence-electron chi connectivity index (χ0n) is 8.60. The number of carboxylic acid groups (broad SMARTS) is 1. The normalized spacial score (nSPS) is 12.1. The van der Waals surface area contributed by atoms with E-state index in [0.29, 0.717) is 0 Å². The second-order valence-electron chi connectivity index (χ2n) is 3.29. The molecule has 1 atom stereocenters. The number of nitrogens with zero attached hydrogens (tertiary/aromatic N) is 2. The number of hydrogen-bond acceptors (Lipinski definition) is 3. The molecular weight excluding hydrogens is 198 g/mol. The number of aromatic nitrogens is 2. The third kappa shape index (κ3) is 3.08. The summed E-state index contributed by atoms with van der Waals surface area (Å²) in [5, 5.41) is 11.2. The summed E-state index contributed by atoms with van der Waals surface area (Å²) in [6.07, 6.45) is 3.39. The van der Waals surface area contributed by atoms with Crippen molar-refractivity contribution in [3.63, 3.8) is 0 Å². The summed E-state index contributed by atoms with van der Waals surface area (Å²) in [7, 11) is 1.77. The van der Waals surface area contributed by atoms with Gasteiger partial charge in [0.25, 0.3) is 0 Å². The van der Waals surface area contributed by atoms with Gasteiger partial charge in [-0.15, -0.1) is 0 Å². The molecule has 0 fully saturated rings. The van der Waals surface area contributed by atoms with Crippen LogP contribution in [-0.4, -0.2) is 32.6 Å². The number of rotatable bonds is 4. The van der Waals surface area contributed by atoms with Crippen LogP contribution in [0.2, 0.25) is 0 Å². The fraction of sp³-hybridized carbons (Fsp3) is 0.444. The lowest BCUT2D eigenvalue weighted by atomic mass is 10.1. The lowest BCUT2D eigenvalue weighted by Gasteiger charge is -2.12. The first-order chi connectivity index (χ1) is 7.00. The third-order valence-corrected chi connectivity index (χ3v) is 2.01. The largest absolute Gasteiger partial charge is 0.480 e. The van der Waals surface area contributed by atoms with Gasteiger partial charge in [0.2, 0.25) is 5.91 Å². The van der Waals surface area contributed by atoms with Gasteiger partial charge in [0, 0.05) is 32.3 Å². The first-order valence-corrected chi connectivity index (χ1v) is 4.46. The van der Waals surface area contributed by atoms with E-state index in [1.165, 1.54) is 6.92 Å². The van der Waals surface area contributed by atoms with Gasteiger partial charge in [0.1, 0.15) is 6.04 Å². The van der Waals surface area contributed by atoms with Gasteiger partial charge in [-0.3, -0.25) is 4.79 Å². The van der Waals surface area contributed by atoms with Gasteiger partial charge in [0.05, 0.1) is 6.33 Å². The molecule has 1 heterocycles. The Hall–Kier alpha value is -1.85. The van der Waals surface area contributed by atoms with Crippen LogP contribution in [-0.2, 0) is 23.1 Å². The molecule has 0 spiro atoms. The van der Waals surface area contributed by atoms with E-state index in [9.17, 15) is 9.59 Å². The van der Waals surface area contributed by atoms with Crippen molar-refractivity contribution in [1.82, 2.24) is 14.9 Å². The maximum atomic E-state index is 10.8. The lowest BCUT2D eigenvalue weighted by molar-refractivity contribution is -0.141. The number of aliphatic carboxylic acids is 1. The highest BCUT2D eigenvalue weighted by molar-refractivity contribution is 5.82. The van der Waals surface area contributed by atoms with Gasteiger partial charge in [0.15, 0.2) is 0 Å². The number of carboxylic acids is 1. The molecule has 0 radical (unpaired) electrons. The van der Waals surface area contributed by atoms with Gasteiger partial charge >= 0.3 is 5.97 Å². The second-order valence-corrected chi connectivity index (χ2v) is 3.29. The van der Waals surface area contributed by atoms with Crippen LogP contribution in [0.3, 0.4) is 0 Å². The average molecular weight is 211 g/mol. The Bertz CT molecular complexity index is 372. The molecule has 0 aliphatic heterocycles. The van der Waals surface area contributed by atoms with Crippen LogP contribution in [0.1, 0.15) is 12.6 Å². The van der Waals surface area contributed by atoms with Crippen LogP contribution in [0, 0.1) is 0 Å². The van der Waals surface area contributed by atoms with E-state index in [0.717, 1.165) is 5.69 Å².